The van der Waals surface area contributed by atoms with Crippen molar-refractivity contribution in [2.24, 2.45) is 0 Å². The quantitative estimate of drug-likeness (QED) is 0.465. The molecule has 0 aromatic heterocycles. The first-order valence-electron chi connectivity index (χ1n) is 11.4. The van der Waals surface area contributed by atoms with Crippen LogP contribution in [0.25, 0.3) is 0 Å². The van der Waals surface area contributed by atoms with E-state index in [0.29, 0.717) is 17.2 Å². The number of alkyl halides is 3. The van der Waals surface area contributed by atoms with E-state index < -0.39 is 11.7 Å². The number of rotatable bonds is 7. The van der Waals surface area contributed by atoms with E-state index in [1.807, 2.05) is 24.3 Å². The van der Waals surface area contributed by atoms with E-state index >= 15 is 0 Å². The van der Waals surface area contributed by atoms with Gasteiger partial charge in [-0.1, -0.05) is 31.2 Å². The molecule has 1 unspecified atom stereocenters. The Hall–Kier alpha value is -3.19. The van der Waals surface area contributed by atoms with Crippen LogP contribution >= 0.6 is 0 Å². The zero-order valence-electron chi connectivity index (χ0n) is 19.1. The topological polar surface area (TPSA) is 35.9 Å². The van der Waals surface area contributed by atoms with E-state index in [9.17, 15) is 18.3 Å². The fraction of sp³-hybridized carbons (Fsp3) is 0.333. The Kier molecular flexibility index (Phi) is 7.32. The Morgan fingerprint density at radius 1 is 0.853 bits per heavy atom. The van der Waals surface area contributed by atoms with Gasteiger partial charge in [0.15, 0.2) is 0 Å². The number of halogens is 3. The van der Waals surface area contributed by atoms with Gasteiger partial charge in [0.05, 0.1) is 5.56 Å². The Balaban J connectivity index is 1.24. The highest BCUT2D eigenvalue weighted by Crippen LogP contribution is 2.29. The number of phenolic OH excluding ortho intramolecular Hbond substituents is 1. The van der Waals surface area contributed by atoms with Gasteiger partial charge in [-0.3, -0.25) is 4.90 Å². The Labute approximate surface area is 198 Å². The second-order valence-electron chi connectivity index (χ2n) is 8.76. The van der Waals surface area contributed by atoms with Crippen molar-refractivity contribution in [3.05, 3.63) is 89.5 Å². The first kappa shape index (κ1) is 24.0. The van der Waals surface area contributed by atoms with Gasteiger partial charge < -0.3 is 14.7 Å². The fourth-order valence-electron chi connectivity index (χ4n) is 4.19. The second kappa shape index (κ2) is 10.4. The zero-order valence-corrected chi connectivity index (χ0v) is 19.1. The van der Waals surface area contributed by atoms with Crippen LogP contribution in [0.15, 0.2) is 72.8 Å². The van der Waals surface area contributed by atoms with Crippen LogP contribution in [0.5, 0.6) is 11.5 Å². The SMILES string of the molecule is CC(CN1CCN(c2ccc(O)cc2)CC1)c1ccc(OCc2ccc(C(F)(F)F)cc2)cc1. The van der Waals surface area contributed by atoms with E-state index in [-0.39, 0.29) is 12.4 Å². The average Bonchev–Trinajstić information content (AvgIpc) is 2.84. The minimum atomic E-state index is -4.33. The van der Waals surface area contributed by atoms with Crippen LogP contribution in [-0.2, 0) is 12.8 Å². The molecule has 0 aliphatic carbocycles. The summed E-state index contributed by atoms with van der Waals surface area (Å²) in [5.41, 5.74) is 2.40. The highest BCUT2D eigenvalue weighted by Gasteiger charge is 2.29. The zero-order chi connectivity index (χ0) is 24.1. The third-order valence-corrected chi connectivity index (χ3v) is 6.26. The number of piperazine rings is 1. The van der Waals surface area contributed by atoms with Crippen LogP contribution in [0, 0.1) is 0 Å². The highest BCUT2D eigenvalue weighted by atomic mass is 19.4. The van der Waals surface area contributed by atoms with Gasteiger partial charge in [-0.05, 0) is 65.6 Å². The predicted octanol–water partition coefficient (Wildman–Crippen LogP) is 5.92. The number of aromatic hydroxyl groups is 1. The van der Waals surface area contributed by atoms with Gasteiger partial charge >= 0.3 is 6.18 Å². The summed E-state index contributed by atoms with van der Waals surface area (Å²) in [6.45, 7) is 7.28. The molecule has 0 spiro atoms. The van der Waals surface area contributed by atoms with E-state index in [0.717, 1.165) is 50.5 Å². The molecule has 1 aliphatic heterocycles. The third-order valence-electron chi connectivity index (χ3n) is 6.26. The van der Waals surface area contributed by atoms with Gasteiger partial charge in [-0.15, -0.1) is 0 Å². The number of hydrogen-bond acceptors (Lipinski definition) is 4. The molecule has 0 bridgehead atoms. The normalized spacial score (nSPS) is 15.8. The average molecular weight is 471 g/mol. The molecule has 1 atom stereocenters. The molecule has 1 heterocycles. The van der Waals surface area contributed by atoms with E-state index in [1.165, 1.54) is 17.7 Å². The lowest BCUT2D eigenvalue weighted by Crippen LogP contribution is -2.47. The summed E-state index contributed by atoms with van der Waals surface area (Å²) in [4.78, 5) is 4.81. The standard InChI is InChI=1S/C27H29F3N2O2/c1-20(18-31-14-16-32(17-15-31)24-8-10-25(33)11-9-24)22-4-12-26(13-5-22)34-19-21-2-6-23(7-3-21)27(28,29)30/h2-13,20,33H,14-19H2,1H3. The lowest BCUT2D eigenvalue weighted by molar-refractivity contribution is -0.137. The Morgan fingerprint density at radius 3 is 2.06 bits per heavy atom. The summed E-state index contributed by atoms with van der Waals surface area (Å²) < 4.78 is 43.8. The van der Waals surface area contributed by atoms with Crippen molar-refractivity contribution >= 4 is 5.69 Å². The summed E-state index contributed by atoms with van der Waals surface area (Å²) in [7, 11) is 0. The van der Waals surface area contributed by atoms with Crippen molar-refractivity contribution < 1.29 is 23.0 Å². The molecule has 1 fully saturated rings. The van der Waals surface area contributed by atoms with Crippen LogP contribution in [0.3, 0.4) is 0 Å². The predicted molar refractivity (Wildman–Crippen MR) is 127 cm³/mol. The monoisotopic (exact) mass is 470 g/mol. The molecular weight excluding hydrogens is 441 g/mol. The number of hydrogen-bond donors (Lipinski definition) is 1. The van der Waals surface area contributed by atoms with Crippen molar-refractivity contribution in [1.82, 2.24) is 4.90 Å². The van der Waals surface area contributed by atoms with Crippen LogP contribution in [-0.4, -0.2) is 42.7 Å². The molecule has 4 rings (SSSR count). The van der Waals surface area contributed by atoms with Crippen LogP contribution in [0.4, 0.5) is 18.9 Å². The second-order valence-corrected chi connectivity index (χ2v) is 8.76. The van der Waals surface area contributed by atoms with E-state index in [2.05, 4.69) is 28.9 Å². The number of benzene rings is 3. The third kappa shape index (κ3) is 6.23. The summed E-state index contributed by atoms with van der Waals surface area (Å²) in [5.74, 6) is 1.34. The number of anilines is 1. The molecule has 0 saturated carbocycles. The molecule has 1 saturated heterocycles. The first-order valence-corrected chi connectivity index (χ1v) is 11.4. The lowest BCUT2D eigenvalue weighted by Gasteiger charge is -2.37. The van der Waals surface area contributed by atoms with Gasteiger partial charge in [0.1, 0.15) is 18.1 Å². The van der Waals surface area contributed by atoms with Crippen LogP contribution < -0.4 is 9.64 Å². The van der Waals surface area contributed by atoms with E-state index in [4.69, 9.17) is 4.74 Å². The summed E-state index contributed by atoms with van der Waals surface area (Å²) >= 11 is 0. The number of ether oxygens (including phenoxy) is 1. The molecule has 1 N–H and O–H groups in total. The smallest absolute Gasteiger partial charge is 0.416 e. The molecule has 0 radical (unpaired) electrons. The number of nitrogens with zero attached hydrogens (tertiary/aromatic N) is 2. The summed E-state index contributed by atoms with van der Waals surface area (Å²) in [6, 6.07) is 20.3. The van der Waals surface area contributed by atoms with Gasteiger partial charge in [0.2, 0.25) is 0 Å². The Morgan fingerprint density at radius 2 is 1.47 bits per heavy atom. The maximum absolute atomic E-state index is 12.7. The molecule has 7 heteroatoms. The highest BCUT2D eigenvalue weighted by molar-refractivity contribution is 5.49. The molecule has 180 valence electrons. The van der Waals surface area contributed by atoms with Crippen LogP contribution in [0.2, 0.25) is 0 Å². The minimum Gasteiger partial charge on any atom is -0.508 e. The molecule has 0 amide bonds. The molecular formula is C27H29F3N2O2. The number of phenols is 1. The molecule has 3 aromatic carbocycles. The largest absolute Gasteiger partial charge is 0.508 e. The van der Waals surface area contributed by atoms with Crippen molar-refractivity contribution in [3.8, 4) is 11.5 Å². The molecule has 34 heavy (non-hydrogen) atoms. The summed E-state index contributed by atoms with van der Waals surface area (Å²) in [5, 5.41) is 9.47. The summed E-state index contributed by atoms with van der Waals surface area (Å²) in [6.07, 6.45) is -4.33. The lowest BCUT2D eigenvalue weighted by atomic mass is 10.00. The fourth-order valence-corrected chi connectivity index (χ4v) is 4.19. The van der Waals surface area contributed by atoms with Gasteiger partial charge in [0, 0.05) is 38.4 Å². The molecule has 3 aromatic rings. The van der Waals surface area contributed by atoms with Crippen molar-refractivity contribution in [2.45, 2.75) is 25.6 Å². The minimum absolute atomic E-state index is 0.221. The van der Waals surface area contributed by atoms with Crippen molar-refractivity contribution in [2.75, 3.05) is 37.6 Å². The van der Waals surface area contributed by atoms with Crippen LogP contribution in [0.1, 0.15) is 29.5 Å². The maximum Gasteiger partial charge on any atom is 0.416 e. The Bertz CT molecular complexity index is 1040. The van der Waals surface area contributed by atoms with Crippen molar-refractivity contribution in [1.29, 1.82) is 0 Å². The van der Waals surface area contributed by atoms with Gasteiger partial charge in [-0.2, -0.15) is 13.2 Å². The first-order chi connectivity index (χ1) is 16.3. The molecule has 4 nitrogen and oxygen atoms in total. The van der Waals surface area contributed by atoms with Gasteiger partial charge in [0.25, 0.3) is 0 Å². The molecule has 1 aliphatic rings. The van der Waals surface area contributed by atoms with E-state index in [1.54, 1.807) is 12.1 Å². The van der Waals surface area contributed by atoms with Crippen molar-refractivity contribution in [3.63, 3.8) is 0 Å². The van der Waals surface area contributed by atoms with Gasteiger partial charge in [-0.25, -0.2) is 0 Å². The maximum atomic E-state index is 12.7.